The minimum atomic E-state index is -0.211. The lowest BCUT2D eigenvalue weighted by Gasteiger charge is -2.30. The number of amides is 1. The van der Waals surface area contributed by atoms with Crippen molar-refractivity contribution in [1.82, 2.24) is 34.0 Å². The number of carbonyl (C=O) groups excluding carboxylic acids is 1. The minimum absolute atomic E-state index is 0.143. The van der Waals surface area contributed by atoms with Crippen molar-refractivity contribution in [3.63, 3.8) is 0 Å². The molecule has 0 unspecified atom stereocenters. The van der Waals surface area contributed by atoms with Crippen LogP contribution >= 0.6 is 0 Å². The second-order valence-electron chi connectivity index (χ2n) is 11.3. The lowest BCUT2D eigenvalue weighted by molar-refractivity contribution is -0.129. The number of aryl methyl sites for hydroxylation is 1. The molecule has 0 aliphatic carbocycles. The zero-order chi connectivity index (χ0) is 28.7. The van der Waals surface area contributed by atoms with E-state index in [0.29, 0.717) is 35.4 Å². The standard InChI is InChI=1S/C32H35N7O2/c1-20(2)25-7-5-6-8-26(25)29-33-17-27-31(36-29)39(32(41)35-27)18-22-9-11-24(12-10-22)30-34-28(19-37(30)4)23-13-15-38(16-14-23)21(3)40/h5-12,17,19-20,23H,13-16,18H2,1-4H3,(H,35,41). The normalized spacial score (nSPS) is 14.3. The summed E-state index contributed by atoms with van der Waals surface area (Å²) in [7, 11) is 2.02. The summed E-state index contributed by atoms with van der Waals surface area (Å²) in [6.45, 7) is 7.89. The number of nitrogens with zero attached hydrogens (tertiary/aromatic N) is 6. The fourth-order valence-corrected chi connectivity index (χ4v) is 5.81. The van der Waals surface area contributed by atoms with Gasteiger partial charge < -0.3 is 14.5 Å². The van der Waals surface area contributed by atoms with Gasteiger partial charge in [-0.25, -0.2) is 19.7 Å². The van der Waals surface area contributed by atoms with Crippen LogP contribution in [-0.4, -0.2) is 53.0 Å². The molecule has 210 valence electrons. The molecule has 0 radical (unpaired) electrons. The largest absolute Gasteiger partial charge is 0.343 e. The van der Waals surface area contributed by atoms with E-state index in [-0.39, 0.29) is 11.6 Å². The lowest BCUT2D eigenvalue weighted by atomic mass is 9.94. The van der Waals surface area contributed by atoms with Gasteiger partial charge in [-0.05, 0) is 29.9 Å². The number of rotatable bonds is 6. The van der Waals surface area contributed by atoms with E-state index in [9.17, 15) is 9.59 Å². The summed E-state index contributed by atoms with van der Waals surface area (Å²) in [6.07, 6.45) is 5.67. The first-order chi connectivity index (χ1) is 19.8. The Morgan fingerprint density at radius 3 is 2.49 bits per heavy atom. The molecule has 9 nitrogen and oxygen atoms in total. The van der Waals surface area contributed by atoms with E-state index in [1.165, 1.54) is 5.56 Å². The summed E-state index contributed by atoms with van der Waals surface area (Å²) < 4.78 is 3.74. The molecule has 9 heteroatoms. The van der Waals surface area contributed by atoms with E-state index in [1.807, 2.05) is 42.3 Å². The highest BCUT2D eigenvalue weighted by Crippen LogP contribution is 2.30. The van der Waals surface area contributed by atoms with Gasteiger partial charge in [0.1, 0.15) is 11.3 Å². The first-order valence-corrected chi connectivity index (χ1v) is 14.2. The molecule has 5 aromatic rings. The van der Waals surface area contributed by atoms with E-state index >= 15 is 0 Å². The average Bonchev–Trinajstić information content (AvgIpc) is 3.52. The minimum Gasteiger partial charge on any atom is -0.343 e. The lowest BCUT2D eigenvalue weighted by Crippen LogP contribution is -2.36. The van der Waals surface area contributed by atoms with E-state index in [4.69, 9.17) is 9.97 Å². The Bertz CT molecular complexity index is 1770. The Kier molecular flexibility index (Phi) is 7.03. The number of carbonyl (C=O) groups is 1. The Morgan fingerprint density at radius 1 is 1.05 bits per heavy atom. The molecular formula is C32H35N7O2. The summed E-state index contributed by atoms with van der Waals surface area (Å²) >= 11 is 0. The monoisotopic (exact) mass is 549 g/mol. The van der Waals surface area contributed by atoms with Gasteiger partial charge in [-0.1, -0.05) is 62.4 Å². The van der Waals surface area contributed by atoms with Crippen molar-refractivity contribution >= 4 is 17.1 Å². The van der Waals surface area contributed by atoms with Crippen molar-refractivity contribution in [2.24, 2.45) is 7.05 Å². The third-order valence-electron chi connectivity index (χ3n) is 8.14. The third kappa shape index (κ3) is 5.19. The SMILES string of the molecule is CC(=O)N1CCC(c2cn(C)c(-c3ccc(Cn4c(=O)[nH]c5cnc(-c6ccccc6C(C)C)nc54)cc3)n2)CC1. The number of fused-ring (bicyclic) bond motifs is 1. The quantitative estimate of drug-likeness (QED) is 0.318. The van der Waals surface area contributed by atoms with Crippen LogP contribution in [0.2, 0.25) is 0 Å². The Balaban J connectivity index is 1.24. The topological polar surface area (TPSA) is 102 Å². The van der Waals surface area contributed by atoms with Crippen LogP contribution in [-0.2, 0) is 18.4 Å². The second kappa shape index (κ2) is 10.8. The molecule has 0 atom stereocenters. The number of nitrogens with one attached hydrogen (secondary N) is 1. The summed E-state index contributed by atoms with van der Waals surface area (Å²) in [4.78, 5) is 43.8. The molecule has 2 aromatic carbocycles. The van der Waals surface area contributed by atoms with Crippen LogP contribution in [0.4, 0.5) is 0 Å². The fraction of sp³-hybridized carbons (Fsp3) is 0.344. The number of hydrogen-bond acceptors (Lipinski definition) is 5. The van der Waals surface area contributed by atoms with Gasteiger partial charge in [-0.15, -0.1) is 0 Å². The van der Waals surface area contributed by atoms with E-state index in [0.717, 1.165) is 54.1 Å². The number of aromatic amines is 1. The molecular weight excluding hydrogens is 514 g/mol. The summed E-state index contributed by atoms with van der Waals surface area (Å²) in [5.41, 5.74) is 6.24. The molecule has 4 heterocycles. The van der Waals surface area contributed by atoms with E-state index in [1.54, 1.807) is 17.7 Å². The highest BCUT2D eigenvalue weighted by Gasteiger charge is 2.24. The summed E-state index contributed by atoms with van der Waals surface area (Å²) in [5, 5.41) is 0. The number of H-pyrrole nitrogens is 1. The highest BCUT2D eigenvalue weighted by atomic mass is 16.2. The third-order valence-corrected chi connectivity index (χ3v) is 8.14. The molecule has 1 fully saturated rings. The van der Waals surface area contributed by atoms with Crippen LogP contribution in [0, 0.1) is 0 Å². The molecule has 0 saturated carbocycles. The van der Waals surface area contributed by atoms with Crippen molar-refractivity contribution in [2.75, 3.05) is 13.1 Å². The molecule has 1 aliphatic rings. The smallest absolute Gasteiger partial charge is 0.328 e. The number of aromatic nitrogens is 6. The van der Waals surface area contributed by atoms with Crippen molar-refractivity contribution in [2.45, 2.75) is 52.0 Å². The van der Waals surface area contributed by atoms with Gasteiger partial charge in [0, 0.05) is 50.3 Å². The van der Waals surface area contributed by atoms with Crippen LogP contribution in [0.5, 0.6) is 0 Å². The van der Waals surface area contributed by atoms with Gasteiger partial charge in [0.15, 0.2) is 11.5 Å². The van der Waals surface area contributed by atoms with Crippen molar-refractivity contribution in [3.05, 3.63) is 88.2 Å². The van der Waals surface area contributed by atoms with E-state index < -0.39 is 0 Å². The predicted molar refractivity (Wildman–Crippen MR) is 160 cm³/mol. The zero-order valence-corrected chi connectivity index (χ0v) is 24.0. The van der Waals surface area contributed by atoms with Crippen LogP contribution in [0.3, 0.4) is 0 Å². The number of hydrogen-bond donors (Lipinski definition) is 1. The van der Waals surface area contributed by atoms with Gasteiger partial charge >= 0.3 is 5.69 Å². The second-order valence-corrected chi connectivity index (χ2v) is 11.3. The molecule has 1 amide bonds. The number of piperidine rings is 1. The van der Waals surface area contributed by atoms with Crippen LogP contribution in [0.25, 0.3) is 33.9 Å². The van der Waals surface area contributed by atoms with Gasteiger partial charge in [0.05, 0.1) is 18.4 Å². The number of likely N-dealkylation sites (tertiary alicyclic amines) is 1. The first kappa shape index (κ1) is 26.7. The van der Waals surface area contributed by atoms with Crippen LogP contribution in [0.1, 0.15) is 62.3 Å². The van der Waals surface area contributed by atoms with Gasteiger partial charge in [0.25, 0.3) is 0 Å². The Hall–Kier alpha value is -4.53. The van der Waals surface area contributed by atoms with Crippen molar-refractivity contribution in [3.8, 4) is 22.8 Å². The Morgan fingerprint density at radius 2 is 1.78 bits per heavy atom. The summed E-state index contributed by atoms with van der Waals surface area (Å²) in [6, 6.07) is 16.3. The van der Waals surface area contributed by atoms with Crippen LogP contribution in [0.15, 0.2) is 65.7 Å². The first-order valence-electron chi connectivity index (χ1n) is 14.2. The van der Waals surface area contributed by atoms with Gasteiger partial charge in [-0.3, -0.25) is 9.36 Å². The molecule has 1 N–H and O–H groups in total. The maximum Gasteiger partial charge on any atom is 0.328 e. The zero-order valence-electron chi connectivity index (χ0n) is 24.0. The highest BCUT2D eigenvalue weighted by molar-refractivity contribution is 5.74. The number of imidazole rings is 2. The maximum atomic E-state index is 12.9. The van der Waals surface area contributed by atoms with Crippen molar-refractivity contribution < 1.29 is 4.79 Å². The Labute approximate surface area is 238 Å². The molecule has 0 spiro atoms. The van der Waals surface area contributed by atoms with Gasteiger partial charge in [0.2, 0.25) is 5.91 Å². The molecule has 41 heavy (non-hydrogen) atoms. The fourth-order valence-electron chi connectivity index (χ4n) is 5.81. The predicted octanol–water partition coefficient (Wildman–Crippen LogP) is 5.08. The average molecular weight is 550 g/mol. The molecule has 0 bridgehead atoms. The molecule has 6 rings (SSSR count). The van der Waals surface area contributed by atoms with E-state index in [2.05, 4.69) is 52.8 Å². The molecule has 3 aromatic heterocycles. The van der Waals surface area contributed by atoms with Gasteiger partial charge in [-0.2, -0.15) is 0 Å². The summed E-state index contributed by atoms with van der Waals surface area (Å²) in [5.74, 6) is 2.35. The number of benzene rings is 2. The molecule has 1 saturated heterocycles. The van der Waals surface area contributed by atoms with Crippen LogP contribution < -0.4 is 5.69 Å². The maximum absolute atomic E-state index is 12.9. The molecule has 1 aliphatic heterocycles. The van der Waals surface area contributed by atoms with Crippen molar-refractivity contribution in [1.29, 1.82) is 0 Å².